The lowest BCUT2D eigenvalue weighted by atomic mass is 10.1. The van der Waals surface area contributed by atoms with Crippen molar-refractivity contribution >= 4 is 15.9 Å². The molecular formula is C13H11BrN2. The summed E-state index contributed by atoms with van der Waals surface area (Å²) < 4.78 is 0. The third-order valence-corrected chi connectivity index (χ3v) is 2.54. The number of imidazole rings is 1. The van der Waals surface area contributed by atoms with Crippen LogP contribution < -0.4 is 0 Å². The minimum atomic E-state index is 0.877. The highest BCUT2D eigenvalue weighted by molar-refractivity contribution is 9.09. The zero-order valence-electron chi connectivity index (χ0n) is 8.70. The van der Waals surface area contributed by atoms with Crippen molar-refractivity contribution in [3.05, 3.63) is 42.4 Å². The Labute approximate surface area is 103 Å². The number of H-pyrrole nitrogens is 1. The van der Waals surface area contributed by atoms with E-state index in [4.69, 9.17) is 0 Å². The normalized spacial score (nSPS) is 9.56. The maximum atomic E-state index is 3.99. The molecule has 0 fully saturated rings. The zero-order chi connectivity index (χ0) is 11.2. The van der Waals surface area contributed by atoms with Crippen LogP contribution in [-0.2, 0) is 0 Å². The van der Waals surface area contributed by atoms with Crippen molar-refractivity contribution in [3.63, 3.8) is 0 Å². The van der Waals surface area contributed by atoms with Crippen LogP contribution >= 0.6 is 15.9 Å². The number of aromatic nitrogens is 2. The van der Waals surface area contributed by atoms with Gasteiger partial charge in [-0.1, -0.05) is 39.9 Å². The van der Waals surface area contributed by atoms with Crippen molar-refractivity contribution in [2.75, 3.05) is 5.33 Å². The summed E-state index contributed by atoms with van der Waals surface area (Å²) in [5, 5.41) is 0.923. The molecule has 0 aliphatic heterocycles. The first-order valence-corrected chi connectivity index (χ1v) is 6.16. The lowest BCUT2D eigenvalue weighted by Gasteiger charge is -1.96. The molecule has 0 aliphatic rings. The van der Waals surface area contributed by atoms with Gasteiger partial charge in [-0.15, -0.1) is 0 Å². The summed E-state index contributed by atoms with van der Waals surface area (Å²) in [7, 11) is 0. The summed E-state index contributed by atoms with van der Waals surface area (Å²) in [4.78, 5) is 7.06. The highest BCUT2D eigenvalue weighted by Gasteiger charge is 1.97. The minimum absolute atomic E-state index is 0.877. The van der Waals surface area contributed by atoms with Gasteiger partial charge in [0.05, 0.1) is 18.2 Å². The second-order valence-electron chi connectivity index (χ2n) is 3.28. The highest BCUT2D eigenvalue weighted by Crippen LogP contribution is 2.15. The van der Waals surface area contributed by atoms with E-state index in [0.717, 1.165) is 28.6 Å². The van der Waals surface area contributed by atoms with E-state index in [1.54, 1.807) is 6.33 Å². The summed E-state index contributed by atoms with van der Waals surface area (Å²) in [6.45, 7) is 0. The van der Waals surface area contributed by atoms with Crippen molar-refractivity contribution in [2.24, 2.45) is 0 Å². The Bertz CT molecular complexity index is 489. The van der Waals surface area contributed by atoms with Gasteiger partial charge in [0.15, 0.2) is 0 Å². The molecule has 0 unspecified atom stereocenters. The fraction of sp³-hybridized carbons (Fsp3) is 0.154. The van der Waals surface area contributed by atoms with Crippen LogP contribution in [0.15, 0.2) is 36.8 Å². The van der Waals surface area contributed by atoms with Crippen molar-refractivity contribution < 1.29 is 0 Å². The van der Waals surface area contributed by atoms with Crippen molar-refractivity contribution in [2.45, 2.75) is 6.42 Å². The fourth-order valence-electron chi connectivity index (χ4n) is 1.36. The largest absolute Gasteiger partial charge is 0.345 e. The van der Waals surface area contributed by atoms with Crippen molar-refractivity contribution in [1.29, 1.82) is 0 Å². The molecule has 0 radical (unpaired) electrons. The van der Waals surface area contributed by atoms with Crippen LogP contribution in [0.25, 0.3) is 11.3 Å². The lowest BCUT2D eigenvalue weighted by Crippen LogP contribution is -1.79. The van der Waals surface area contributed by atoms with Gasteiger partial charge in [-0.05, 0) is 17.7 Å². The number of nitrogens with one attached hydrogen (secondary N) is 1. The maximum absolute atomic E-state index is 3.99. The van der Waals surface area contributed by atoms with Gasteiger partial charge in [0.1, 0.15) is 0 Å². The summed E-state index contributed by atoms with van der Waals surface area (Å²) >= 11 is 3.35. The third kappa shape index (κ3) is 2.74. The lowest BCUT2D eigenvalue weighted by molar-refractivity contribution is 1.31. The van der Waals surface area contributed by atoms with E-state index in [9.17, 15) is 0 Å². The molecular weight excluding hydrogens is 264 g/mol. The number of aromatic amines is 1. The molecule has 0 amide bonds. The first-order valence-electron chi connectivity index (χ1n) is 5.04. The van der Waals surface area contributed by atoms with Gasteiger partial charge in [-0.2, -0.15) is 0 Å². The monoisotopic (exact) mass is 274 g/mol. The van der Waals surface area contributed by atoms with Crippen molar-refractivity contribution in [1.82, 2.24) is 9.97 Å². The molecule has 0 aliphatic carbocycles. The van der Waals surface area contributed by atoms with Crippen LogP contribution in [0.1, 0.15) is 12.0 Å². The molecule has 2 rings (SSSR count). The quantitative estimate of drug-likeness (QED) is 0.661. The fourth-order valence-corrected chi connectivity index (χ4v) is 1.56. The van der Waals surface area contributed by atoms with E-state index >= 15 is 0 Å². The van der Waals surface area contributed by atoms with Crippen LogP contribution in [-0.4, -0.2) is 15.3 Å². The average Bonchev–Trinajstić information content (AvgIpc) is 2.84. The molecule has 2 aromatic rings. The Morgan fingerprint density at radius 1 is 1.25 bits per heavy atom. The van der Waals surface area contributed by atoms with E-state index in [2.05, 4.69) is 37.7 Å². The van der Waals surface area contributed by atoms with Gasteiger partial charge in [0.2, 0.25) is 0 Å². The van der Waals surface area contributed by atoms with Crippen LogP contribution in [0.2, 0.25) is 0 Å². The molecule has 16 heavy (non-hydrogen) atoms. The molecule has 1 N–H and O–H groups in total. The van der Waals surface area contributed by atoms with Crippen LogP contribution in [0.3, 0.4) is 0 Å². The van der Waals surface area contributed by atoms with Gasteiger partial charge < -0.3 is 4.98 Å². The Hall–Kier alpha value is -1.53. The van der Waals surface area contributed by atoms with E-state index in [1.165, 1.54) is 0 Å². The summed E-state index contributed by atoms with van der Waals surface area (Å²) in [5.74, 6) is 6.20. The highest BCUT2D eigenvalue weighted by atomic mass is 79.9. The standard InChI is InChI=1S/C13H11BrN2/c14-8-2-1-3-11-4-6-12(7-5-11)13-9-15-10-16-13/h4-7,9-10H,2,8H2,(H,15,16). The van der Waals surface area contributed by atoms with Crippen molar-refractivity contribution in [3.8, 4) is 23.1 Å². The predicted molar refractivity (Wildman–Crippen MR) is 69.3 cm³/mol. The van der Waals surface area contributed by atoms with Gasteiger partial charge >= 0.3 is 0 Å². The molecule has 80 valence electrons. The number of rotatable bonds is 2. The minimum Gasteiger partial charge on any atom is -0.345 e. The Morgan fingerprint density at radius 2 is 2.06 bits per heavy atom. The number of hydrogen-bond acceptors (Lipinski definition) is 1. The number of alkyl halides is 1. The second-order valence-corrected chi connectivity index (χ2v) is 4.08. The van der Waals surface area contributed by atoms with E-state index in [1.807, 2.05) is 30.5 Å². The molecule has 0 atom stereocenters. The zero-order valence-corrected chi connectivity index (χ0v) is 10.3. The third-order valence-electron chi connectivity index (χ3n) is 2.15. The first-order chi connectivity index (χ1) is 7.90. The molecule has 3 heteroatoms. The van der Waals surface area contributed by atoms with Gasteiger partial charge in [-0.25, -0.2) is 4.98 Å². The van der Waals surface area contributed by atoms with Gasteiger partial charge in [-0.3, -0.25) is 0 Å². The van der Waals surface area contributed by atoms with E-state index < -0.39 is 0 Å². The summed E-state index contributed by atoms with van der Waals surface area (Å²) in [6, 6.07) is 8.14. The summed E-state index contributed by atoms with van der Waals surface area (Å²) in [5.41, 5.74) is 3.20. The van der Waals surface area contributed by atoms with Gasteiger partial charge in [0, 0.05) is 17.3 Å². The van der Waals surface area contributed by atoms with Gasteiger partial charge in [0.25, 0.3) is 0 Å². The number of hydrogen-bond donors (Lipinski definition) is 1. The van der Waals surface area contributed by atoms with E-state index in [-0.39, 0.29) is 0 Å². The second kappa shape index (κ2) is 5.53. The van der Waals surface area contributed by atoms with Crippen LogP contribution in [0.4, 0.5) is 0 Å². The average molecular weight is 275 g/mol. The van der Waals surface area contributed by atoms with Crippen LogP contribution in [0.5, 0.6) is 0 Å². The Kier molecular flexibility index (Phi) is 3.79. The molecule has 2 nitrogen and oxygen atoms in total. The Morgan fingerprint density at radius 3 is 2.69 bits per heavy atom. The topological polar surface area (TPSA) is 28.7 Å². The SMILES string of the molecule is BrCCC#Cc1ccc(-c2cnc[nH]2)cc1. The molecule has 0 saturated heterocycles. The maximum Gasteiger partial charge on any atom is 0.0924 e. The molecule has 1 heterocycles. The number of nitrogens with zero attached hydrogens (tertiary/aromatic N) is 1. The molecule has 0 bridgehead atoms. The molecule has 1 aromatic carbocycles. The molecule has 0 spiro atoms. The Balaban J connectivity index is 2.15. The number of benzene rings is 1. The molecule has 0 saturated carbocycles. The van der Waals surface area contributed by atoms with E-state index in [0.29, 0.717) is 0 Å². The first kappa shape index (κ1) is 11.0. The summed E-state index contributed by atoms with van der Waals surface area (Å²) in [6.07, 6.45) is 4.37. The molecule has 1 aromatic heterocycles. The predicted octanol–water partition coefficient (Wildman–Crippen LogP) is 3.21. The smallest absolute Gasteiger partial charge is 0.0924 e. The van der Waals surface area contributed by atoms with Crippen LogP contribution in [0, 0.1) is 11.8 Å². The number of halogens is 1.